The van der Waals surface area contributed by atoms with Crippen molar-refractivity contribution in [1.29, 1.82) is 0 Å². The first-order valence-corrected chi connectivity index (χ1v) is 8.47. The Morgan fingerprint density at radius 2 is 1.90 bits per heavy atom. The Bertz CT molecular complexity index is 479. The molecule has 2 rings (SSSR count). The van der Waals surface area contributed by atoms with Gasteiger partial charge in [0.25, 0.3) is 0 Å². The molecule has 1 aromatic rings. The van der Waals surface area contributed by atoms with Crippen molar-refractivity contribution in [3.05, 3.63) is 15.6 Å². The Kier molecular flexibility index (Phi) is 5.72. The summed E-state index contributed by atoms with van der Waals surface area (Å²) in [4.78, 5) is 21.2. The molecule has 0 unspecified atom stereocenters. The molecule has 0 atom stereocenters. The molecular weight excluding hydrogens is 286 g/mol. The molecule has 1 aliphatic rings. The van der Waals surface area contributed by atoms with Gasteiger partial charge in [0.15, 0.2) is 0 Å². The number of carboxylic acids is 1. The second-order valence-electron chi connectivity index (χ2n) is 6.00. The van der Waals surface area contributed by atoms with Gasteiger partial charge in [0.1, 0.15) is 9.88 Å². The fourth-order valence-electron chi connectivity index (χ4n) is 2.62. The summed E-state index contributed by atoms with van der Waals surface area (Å²) in [5.74, 6) is -0.420. The van der Waals surface area contributed by atoms with E-state index in [9.17, 15) is 9.90 Å². The van der Waals surface area contributed by atoms with E-state index in [0.29, 0.717) is 10.8 Å². The number of nitrogens with zero attached hydrogens (tertiary/aromatic N) is 3. The van der Waals surface area contributed by atoms with Crippen molar-refractivity contribution in [3.8, 4) is 0 Å². The molecule has 0 aliphatic carbocycles. The summed E-state index contributed by atoms with van der Waals surface area (Å²) >= 11 is 1.34. The van der Waals surface area contributed by atoms with E-state index in [1.165, 1.54) is 11.3 Å². The van der Waals surface area contributed by atoms with Crippen LogP contribution in [0.5, 0.6) is 0 Å². The lowest BCUT2D eigenvalue weighted by atomic mass is 10.1. The Hall–Kier alpha value is -0.980. The summed E-state index contributed by atoms with van der Waals surface area (Å²) < 4.78 is 0. The topological polar surface area (TPSA) is 56.7 Å². The zero-order valence-corrected chi connectivity index (χ0v) is 13.9. The summed E-state index contributed by atoms with van der Waals surface area (Å²) in [7, 11) is 0. The highest BCUT2D eigenvalue weighted by Crippen LogP contribution is 2.23. The fourth-order valence-corrected chi connectivity index (χ4v) is 3.59. The number of hydrogen-bond donors (Lipinski definition) is 1. The van der Waals surface area contributed by atoms with Crippen molar-refractivity contribution in [2.24, 2.45) is 5.92 Å². The van der Waals surface area contributed by atoms with Crippen LogP contribution in [0.3, 0.4) is 0 Å². The molecule has 5 nitrogen and oxygen atoms in total. The van der Waals surface area contributed by atoms with Gasteiger partial charge >= 0.3 is 5.97 Å². The van der Waals surface area contributed by atoms with Crippen molar-refractivity contribution in [3.63, 3.8) is 0 Å². The Balaban J connectivity index is 2.02. The van der Waals surface area contributed by atoms with Gasteiger partial charge in [0.2, 0.25) is 0 Å². The van der Waals surface area contributed by atoms with Gasteiger partial charge in [0, 0.05) is 26.2 Å². The highest BCUT2D eigenvalue weighted by Gasteiger charge is 2.21. The van der Waals surface area contributed by atoms with Crippen molar-refractivity contribution >= 4 is 17.3 Å². The first-order valence-electron chi connectivity index (χ1n) is 7.66. The third-order valence-corrected chi connectivity index (χ3v) is 4.88. The molecule has 0 saturated carbocycles. The third kappa shape index (κ3) is 4.49. The minimum absolute atomic E-state index is 0.422. The number of likely N-dealkylation sites (N-methyl/N-ethyl adjacent to an activating group) is 1. The SMILES string of the molecule is CCN1CCN(Cc2nc(CC(C)C)c(C(=O)O)s2)CC1. The maximum atomic E-state index is 11.3. The first-order chi connectivity index (χ1) is 9.99. The number of hydrogen-bond acceptors (Lipinski definition) is 5. The van der Waals surface area contributed by atoms with Crippen LogP contribution >= 0.6 is 11.3 Å². The Morgan fingerprint density at radius 1 is 1.29 bits per heavy atom. The average molecular weight is 311 g/mol. The predicted octanol–water partition coefficient (Wildman–Crippen LogP) is 2.18. The average Bonchev–Trinajstić information content (AvgIpc) is 2.81. The maximum absolute atomic E-state index is 11.3. The molecule has 6 heteroatoms. The van der Waals surface area contributed by atoms with Gasteiger partial charge < -0.3 is 10.0 Å². The van der Waals surface area contributed by atoms with Crippen molar-refractivity contribution in [2.75, 3.05) is 32.7 Å². The maximum Gasteiger partial charge on any atom is 0.347 e. The van der Waals surface area contributed by atoms with Gasteiger partial charge in [-0.15, -0.1) is 11.3 Å². The van der Waals surface area contributed by atoms with Crippen LogP contribution in [-0.2, 0) is 13.0 Å². The van der Waals surface area contributed by atoms with Crippen LogP contribution in [0.25, 0.3) is 0 Å². The molecule has 1 saturated heterocycles. The van der Waals surface area contributed by atoms with E-state index in [0.717, 1.165) is 56.4 Å². The number of carboxylic acid groups (broad SMARTS) is 1. The molecule has 2 heterocycles. The van der Waals surface area contributed by atoms with E-state index in [4.69, 9.17) is 0 Å². The van der Waals surface area contributed by atoms with Crippen LogP contribution in [-0.4, -0.2) is 58.6 Å². The molecular formula is C15H25N3O2S. The number of piperazine rings is 1. The molecule has 118 valence electrons. The Labute approximate surface area is 130 Å². The van der Waals surface area contributed by atoms with Crippen molar-refractivity contribution < 1.29 is 9.90 Å². The Morgan fingerprint density at radius 3 is 2.43 bits per heavy atom. The number of thiazole rings is 1. The van der Waals surface area contributed by atoms with Gasteiger partial charge in [-0.25, -0.2) is 9.78 Å². The minimum atomic E-state index is -0.842. The van der Waals surface area contributed by atoms with E-state index in [-0.39, 0.29) is 0 Å². The van der Waals surface area contributed by atoms with Crippen molar-refractivity contribution in [1.82, 2.24) is 14.8 Å². The van der Waals surface area contributed by atoms with E-state index in [1.54, 1.807) is 0 Å². The number of aromatic carboxylic acids is 1. The zero-order chi connectivity index (χ0) is 15.4. The largest absolute Gasteiger partial charge is 0.477 e. The van der Waals surface area contributed by atoms with Crippen molar-refractivity contribution in [2.45, 2.75) is 33.7 Å². The zero-order valence-electron chi connectivity index (χ0n) is 13.1. The number of aromatic nitrogens is 1. The molecule has 1 N–H and O–H groups in total. The molecule has 0 bridgehead atoms. The molecule has 1 aromatic heterocycles. The van der Waals surface area contributed by atoms with Crippen LogP contribution in [0.15, 0.2) is 0 Å². The molecule has 0 aromatic carbocycles. The number of carbonyl (C=O) groups is 1. The fraction of sp³-hybridized carbons (Fsp3) is 0.733. The molecule has 1 aliphatic heterocycles. The van der Waals surface area contributed by atoms with Crippen LogP contribution < -0.4 is 0 Å². The van der Waals surface area contributed by atoms with Gasteiger partial charge in [-0.1, -0.05) is 20.8 Å². The quantitative estimate of drug-likeness (QED) is 0.872. The van der Waals surface area contributed by atoms with Gasteiger partial charge in [-0.3, -0.25) is 4.90 Å². The standard InChI is InChI=1S/C15H25N3O2S/c1-4-17-5-7-18(8-6-17)10-13-16-12(9-11(2)3)14(21-13)15(19)20/h11H,4-10H2,1-3H3,(H,19,20). The molecule has 0 radical (unpaired) electrons. The number of rotatable bonds is 6. The summed E-state index contributed by atoms with van der Waals surface area (Å²) in [6.07, 6.45) is 0.738. The summed E-state index contributed by atoms with van der Waals surface area (Å²) in [6.45, 7) is 12.5. The normalized spacial score (nSPS) is 17.5. The smallest absolute Gasteiger partial charge is 0.347 e. The monoisotopic (exact) mass is 311 g/mol. The van der Waals surface area contributed by atoms with Crippen LogP contribution in [0.4, 0.5) is 0 Å². The molecule has 0 amide bonds. The van der Waals surface area contributed by atoms with E-state index in [1.807, 2.05) is 0 Å². The lowest BCUT2D eigenvalue weighted by molar-refractivity contribution is 0.0700. The first kappa shape index (κ1) is 16.4. The highest BCUT2D eigenvalue weighted by atomic mass is 32.1. The van der Waals surface area contributed by atoms with Gasteiger partial charge in [-0.2, -0.15) is 0 Å². The molecule has 0 spiro atoms. The van der Waals surface area contributed by atoms with Crippen LogP contribution in [0.2, 0.25) is 0 Å². The molecule has 1 fully saturated rings. The second-order valence-corrected chi connectivity index (χ2v) is 7.08. The van der Waals surface area contributed by atoms with Crippen LogP contribution in [0, 0.1) is 5.92 Å². The van der Waals surface area contributed by atoms with E-state index < -0.39 is 5.97 Å². The van der Waals surface area contributed by atoms with E-state index >= 15 is 0 Å². The van der Waals surface area contributed by atoms with Gasteiger partial charge in [0.05, 0.1) is 12.2 Å². The van der Waals surface area contributed by atoms with Gasteiger partial charge in [-0.05, 0) is 18.9 Å². The van der Waals surface area contributed by atoms with E-state index in [2.05, 4.69) is 35.6 Å². The second kappa shape index (κ2) is 7.33. The highest BCUT2D eigenvalue weighted by molar-refractivity contribution is 7.13. The summed E-state index contributed by atoms with van der Waals surface area (Å²) in [5.41, 5.74) is 0.754. The molecule has 21 heavy (non-hydrogen) atoms. The predicted molar refractivity (Wildman–Crippen MR) is 85.0 cm³/mol. The van der Waals surface area contributed by atoms with Crippen LogP contribution in [0.1, 0.15) is 41.1 Å². The lowest BCUT2D eigenvalue weighted by Crippen LogP contribution is -2.45. The lowest BCUT2D eigenvalue weighted by Gasteiger charge is -2.33. The summed E-state index contributed by atoms with van der Waals surface area (Å²) in [5, 5.41) is 10.3. The minimum Gasteiger partial charge on any atom is -0.477 e. The third-order valence-electron chi connectivity index (χ3n) is 3.81. The summed E-state index contributed by atoms with van der Waals surface area (Å²) in [6, 6.07) is 0.